The molecule has 1 aromatic carbocycles. The van der Waals surface area contributed by atoms with Crippen LogP contribution in [0.1, 0.15) is 19.4 Å². The molecule has 0 heterocycles. The summed E-state index contributed by atoms with van der Waals surface area (Å²) in [5.74, 6) is 0.613. The molecule has 1 aromatic rings. The first-order chi connectivity index (χ1) is 6.00. The molecule has 1 radical (unpaired) electrons. The maximum Gasteiger partial charge on any atom is 0.0186 e. The second-order valence-corrected chi connectivity index (χ2v) is 6.76. The zero-order valence-corrected chi connectivity index (χ0v) is 13.9. The Bertz CT molecular complexity index is 282. The molecule has 0 aliphatic heterocycles. The van der Waals surface area contributed by atoms with Crippen molar-refractivity contribution in [2.45, 2.75) is 13.8 Å². The number of hydrogen-bond acceptors (Lipinski definition) is 0. The predicted octanol–water partition coefficient (Wildman–Crippen LogP) is 4.71. The SMILES string of the molecule is CC(C)[CH]c1c(I)cc(I)cc1I. The first-order valence-corrected chi connectivity index (χ1v) is 7.23. The van der Waals surface area contributed by atoms with Gasteiger partial charge in [-0.2, -0.15) is 0 Å². The number of rotatable bonds is 2. The van der Waals surface area contributed by atoms with E-state index >= 15 is 0 Å². The van der Waals surface area contributed by atoms with Gasteiger partial charge in [0.25, 0.3) is 0 Å². The number of halogens is 3. The Kier molecular flexibility index (Phi) is 5.26. The summed E-state index contributed by atoms with van der Waals surface area (Å²) in [7, 11) is 0. The fourth-order valence-corrected chi connectivity index (χ4v) is 4.99. The molecule has 0 aliphatic carbocycles. The van der Waals surface area contributed by atoms with Crippen molar-refractivity contribution in [3.63, 3.8) is 0 Å². The third-order valence-electron chi connectivity index (χ3n) is 1.54. The third-order valence-corrected chi connectivity index (χ3v) is 3.95. The topological polar surface area (TPSA) is 0 Å². The quantitative estimate of drug-likeness (QED) is 0.506. The normalized spacial score (nSPS) is 10.9. The highest BCUT2D eigenvalue weighted by atomic mass is 127. The zero-order valence-electron chi connectivity index (χ0n) is 7.44. The molecule has 0 unspecified atom stereocenters. The summed E-state index contributed by atoms with van der Waals surface area (Å²) in [6, 6.07) is 4.44. The van der Waals surface area contributed by atoms with Crippen molar-refractivity contribution in [3.05, 3.63) is 34.8 Å². The minimum atomic E-state index is 0.613. The van der Waals surface area contributed by atoms with Crippen LogP contribution in [-0.4, -0.2) is 0 Å². The summed E-state index contributed by atoms with van der Waals surface area (Å²) in [6.45, 7) is 4.42. The molecule has 13 heavy (non-hydrogen) atoms. The van der Waals surface area contributed by atoms with E-state index in [1.54, 1.807) is 0 Å². The Hall–Kier alpha value is 1.41. The Morgan fingerprint density at radius 3 is 1.92 bits per heavy atom. The highest BCUT2D eigenvalue weighted by Gasteiger charge is 2.08. The highest BCUT2D eigenvalue weighted by molar-refractivity contribution is 14.1. The number of benzene rings is 1. The van der Waals surface area contributed by atoms with E-state index in [4.69, 9.17) is 0 Å². The van der Waals surface area contributed by atoms with Gasteiger partial charge in [-0.1, -0.05) is 13.8 Å². The van der Waals surface area contributed by atoms with Crippen LogP contribution in [0.25, 0.3) is 0 Å². The van der Waals surface area contributed by atoms with Gasteiger partial charge in [-0.3, -0.25) is 0 Å². The van der Waals surface area contributed by atoms with E-state index < -0.39 is 0 Å². The molecule has 0 atom stereocenters. The van der Waals surface area contributed by atoms with Crippen LogP contribution in [-0.2, 0) is 0 Å². The monoisotopic (exact) mass is 511 g/mol. The molecule has 0 saturated heterocycles. The largest absolute Gasteiger partial charge is 0.0622 e. The molecule has 0 aromatic heterocycles. The molecular formula is C10H10I3. The van der Waals surface area contributed by atoms with E-state index in [0.717, 1.165) is 0 Å². The summed E-state index contributed by atoms with van der Waals surface area (Å²) in [5, 5.41) is 0. The molecule has 0 aliphatic rings. The lowest BCUT2D eigenvalue weighted by atomic mass is 10.0. The first-order valence-electron chi connectivity index (χ1n) is 4.00. The zero-order chi connectivity index (χ0) is 10.0. The Balaban J connectivity index is 3.06. The van der Waals surface area contributed by atoms with Crippen LogP contribution in [0, 0.1) is 23.0 Å². The minimum absolute atomic E-state index is 0.613. The summed E-state index contributed by atoms with van der Waals surface area (Å²) < 4.78 is 4.01. The van der Waals surface area contributed by atoms with E-state index in [0.29, 0.717) is 5.92 Å². The molecular weight excluding hydrogens is 501 g/mol. The smallest absolute Gasteiger partial charge is 0.0186 e. The summed E-state index contributed by atoms with van der Waals surface area (Å²) in [6.07, 6.45) is 2.32. The summed E-state index contributed by atoms with van der Waals surface area (Å²) >= 11 is 7.17. The van der Waals surface area contributed by atoms with Gasteiger partial charge in [0, 0.05) is 10.7 Å². The van der Waals surface area contributed by atoms with Gasteiger partial charge in [0.05, 0.1) is 0 Å². The lowest BCUT2D eigenvalue weighted by Gasteiger charge is -2.10. The van der Waals surface area contributed by atoms with Crippen molar-refractivity contribution in [3.8, 4) is 0 Å². The Morgan fingerprint density at radius 1 is 1.08 bits per heavy atom. The van der Waals surface area contributed by atoms with E-state index in [1.807, 2.05) is 0 Å². The second-order valence-electron chi connectivity index (χ2n) is 3.19. The van der Waals surface area contributed by atoms with Crippen LogP contribution in [0.5, 0.6) is 0 Å². The minimum Gasteiger partial charge on any atom is -0.0622 e. The van der Waals surface area contributed by atoms with E-state index in [2.05, 4.69) is 100 Å². The first kappa shape index (κ1) is 12.5. The lowest BCUT2D eigenvalue weighted by molar-refractivity contribution is 0.773. The molecule has 1 rings (SSSR count). The highest BCUT2D eigenvalue weighted by Crippen LogP contribution is 2.25. The van der Waals surface area contributed by atoms with Gasteiger partial charge >= 0.3 is 0 Å². The fraction of sp³-hybridized carbons (Fsp3) is 0.300. The summed E-state index contributed by atoms with van der Waals surface area (Å²) in [4.78, 5) is 0. The molecule has 0 saturated carbocycles. The third kappa shape index (κ3) is 3.81. The average Bonchev–Trinajstić information content (AvgIpc) is 1.96. The Labute approximate surface area is 121 Å². The van der Waals surface area contributed by atoms with Crippen LogP contribution >= 0.6 is 67.8 Å². The van der Waals surface area contributed by atoms with Gasteiger partial charge in [-0.05, 0) is 97.8 Å². The molecule has 3 heteroatoms. The van der Waals surface area contributed by atoms with Gasteiger partial charge in [-0.15, -0.1) is 0 Å². The summed E-state index contributed by atoms with van der Waals surface area (Å²) in [5.41, 5.74) is 1.39. The molecule has 0 spiro atoms. The standard InChI is InChI=1S/C10H10I3/c1-6(2)3-8-9(12)4-7(11)5-10(8)13/h3-6H,1-2H3. The molecule has 0 fully saturated rings. The van der Waals surface area contributed by atoms with Crippen molar-refractivity contribution in [2.75, 3.05) is 0 Å². The van der Waals surface area contributed by atoms with Gasteiger partial charge in [0.1, 0.15) is 0 Å². The van der Waals surface area contributed by atoms with Crippen LogP contribution in [0.2, 0.25) is 0 Å². The molecule has 71 valence electrons. The van der Waals surface area contributed by atoms with Crippen LogP contribution in [0.3, 0.4) is 0 Å². The fourth-order valence-electron chi connectivity index (χ4n) is 1.05. The van der Waals surface area contributed by atoms with Gasteiger partial charge in [-0.25, -0.2) is 0 Å². The van der Waals surface area contributed by atoms with Crippen molar-refractivity contribution in [1.82, 2.24) is 0 Å². The van der Waals surface area contributed by atoms with Crippen LogP contribution in [0.15, 0.2) is 12.1 Å². The Morgan fingerprint density at radius 2 is 1.54 bits per heavy atom. The van der Waals surface area contributed by atoms with Crippen LogP contribution in [0.4, 0.5) is 0 Å². The van der Waals surface area contributed by atoms with Gasteiger partial charge < -0.3 is 0 Å². The second kappa shape index (κ2) is 5.48. The predicted molar refractivity (Wildman–Crippen MR) is 82.8 cm³/mol. The molecule has 0 amide bonds. The van der Waals surface area contributed by atoms with Crippen LogP contribution < -0.4 is 0 Å². The maximum atomic E-state index is 2.40. The lowest BCUT2D eigenvalue weighted by Crippen LogP contribution is -1.97. The molecule has 0 N–H and O–H groups in total. The van der Waals surface area contributed by atoms with Crippen molar-refractivity contribution in [2.24, 2.45) is 5.92 Å². The molecule has 0 bridgehead atoms. The molecule has 0 nitrogen and oxygen atoms in total. The van der Waals surface area contributed by atoms with Crippen molar-refractivity contribution in [1.29, 1.82) is 0 Å². The number of hydrogen-bond donors (Lipinski definition) is 0. The van der Waals surface area contributed by atoms with E-state index in [9.17, 15) is 0 Å². The van der Waals surface area contributed by atoms with Gasteiger partial charge in [0.2, 0.25) is 0 Å². The van der Waals surface area contributed by atoms with Crippen molar-refractivity contribution < 1.29 is 0 Å². The van der Waals surface area contributed by atoms with Gasteiger partial charge in [0.15, 0.2) is 0 Å². The average molecular weight is 511 g/mol. The van der Waals surface area contributed by atoms with E-state index in [-0.39, 0.29) is 0 Å². The maximum absolute atomic E-state index is 2.40. The van der Waals surface area contributed by atoms with Crippen molar-refractivity contribution >= 4 is 67.8 Å². The van der Waals surface area contributed by atoms with E-state index in [1.165, 1.54) is 16.3 Å².